The van der Waals surface area contributed by atoms with E-state index in [1.807, 2.05) is 36.2 Å². The van der Waals surface area contributed by atoms with Crippen LogP contribution in [0.1, 0.15) is 11.3 Å². The van der Waals surface area contributed by atoms with E-state index < -0.39 is 0 Å². The molecule has 0 fully saturated rings. The monoisotopic (exact) mass is 257 g/mol. The van der Waals surface area contributed by atoms with E-state index in [9.17, 15) is 0 Å². The van der Waals surface area contributed by atoms with E-state index in [0.29, 0.717) is 12.5 Å². The SMILES string of the molecule is CN(CCN)c1cc(Cc2ccccc2)nc(N)n1. The van der Waals surface area contributed by atoms with Crippen molar-refractivity contribution in [1.29, 1.82) is 0 Å². The number of aromatic nitrogens is 2. The van der Waals surface area contributed by atoms with Crippen molar-refractivity contribution in [3.63, 3.8) is 0 Å². The maximum absolute atomic E-state index is 5.77. The smallest absolute Gasteiger partial charge is 0.222 e. The summed E-state index contributed by atoms with van der Waals surface area (Å²) in [5.74, 6) is 1.11. The Morgan fingerprint density at radius 3 is 2.58 bits per heavy atom. The molecule has 0 bridgehead atoms. The summed E-state index contributed by atoms with van der Waals surface area (Å²) in [5.41, 5.74) is 13.4. The largest absolute Gasteiger partial charge is 0.368 e. The first kappa shape index (κ1) is 13.3. The molecule has 100 valence electrons. The molecule has 0 saturated carbocycles. The molecule has 1 aromatic heterocycles. The highest BCUT2D eigenvalue weighted by molar-refractivity contribution is 5.43. The molecule has 0 aliphatic heterocycles. The highest BCUT2D eigenvalue weighted by Gasteiger charge is 2.07. The number of nitrogens with two attached hydrogens (primary N) is 2. The number of rotatable bonds is 5. The molecule has 1 heterocycles. The molecule has 19 heavy (non-hydrogen) atoms. The van der Waals surface area contributed by atoms with Gasteiger partial charge in [-0.1, -0.05) is 30.3 Å². The molecular formula is C14H19N5. The third-order valence-corrected chi connectivity index (χ3v) is 2.87. The molecule has 5 heteroatoms. The van der Waals surface area contributed by atoms with E-state index in [2.05, 4.69) is 22.1 Å². The Balaban J connectivity index is 2.21. The van der Waals surface area contributed by atoms with Gasteiger partial charge >= 0.3 is 0 Å². The molecule has 0 aliphatic rings. The lowest BCUT2D eigenvalue weighted by Crippen LogP contribution is -2.26. The standard InChI is InChI=1S/C14H19N5/c1-19(8-7-15)13-10-12(17-14(16)18-13)9-11-5-3-2-4-6-11/h2-6,10H,7-9,15H2,1H3,(H2,16,17,18). The maximum atomic E-state index is 5.77. The number of hydrogen-bond acceptors (Lipinski definition) is 5. The zero-order chi connectivity index (χ0) is 13.7. The van der Waals surface area contributed by atoms with E-state index in [1.165, 1.54) is 5.56 Å². The Bertz CT molecular complexity index is 527. The van der Waals surface area contributed by atoms with E-state index >= 15 is 0 Å². The minimum Gasteiger partial charge on any atom is -0.368 e. The third kappa shape index (κ3) is 3.66. The Hall–Kier alpha value is -2.14. The number of benzene rings is 1. The number of likely N-dealkylation sites (N-methyl/N-ethyl adjacent to an activating group) is 1. The molecular weight excluding hydrogens is 238 g/mol. The summed E-state index contributed by atoms with van der Waals surface area (Å²) in [7, 11) is 1.95. The van der Waals surface area contributed by atoms with Gasteiger partial charge < -0.3 is 16.4 Å². The first-order chi connectivity index (χ1) is 9.19. The third-order valence-electron chi connectivity index (χ3n) is 2.87. The maximum Gasteiger partial charge on any atom is 0.222 e. The van der Waals surface area contributed by atoms with Gasteiger partial charge in [0.25, 0.3) is 0 Å². The van der Waals surface area contributed by atoms with Crippen LogP contribution in [-0.2, 0) is 6.42 Å². The van der Waals surface area contributed by atoms with E-state index in [1.54, 1.807) is 0 Å². The summed E-state index contributed by atoms with van der Waals surface area (Å²) >= 11 is 0. The van der Waals surface area contributed by atoms with Crippen molar-refractivity contribution >= 4 is 11.8 Å². The van der Waals surface area contributed by atoms with Crippen molar-refractivity contribution in [3.05, 3.63) is 47.7 Å². The van der Waals surface area contributed by atoms with E-state index in [4.69, 9.17) is 11.5 Å². The second kappa shape index (κ2) is 6.15. The van der Waals surface area contributed by atoms with Gasteiger partial charge in [-0.05, 0) is 5.56 Å². The van der Waals surface area contributed by atoms with Crippen molar-refractivity contribution in [2.24, 2.45) is 5.73 Å². The fourth-order valence-electron chi connectivity index (χ4n) is 1.90. The van der Waals surface area contributed by atoms with Gasteiger partial charge in [-0.15, -0.1) is 0 Å². The number of hydrogen-bond donors (Lipinski definition) is 2. The fourth-order valence-corrected chi connectivity index (χ4v) is 1.90. The van der Waals surface area contributed by atoms with Crippen LogP contribution in [0.15, 0.2) is 36.4 Å². The Kier molecular flexibility index (Phi) is 4.30. The summed E-state index contributed by atoms with van der Waals surface area (Å²) in [4.78, 5) is 10.5. The summed E-state index contributed by atoms with van der Waals surface area (Å²) in [6.45, 7) is 1.32. The van der Waals surface area contributed by atoms with Crippen molar-refractivity contribution in [1.82, 2.24) is 9.97 Å². The summed E-state index contributed by atoms with van der Waals surface area (Å²) in [5, 5.41) is 0. The van der Waals surface area contributed by atoms with Crippen LogP contribution in [0.25, 0.3) is 0 Å². The van der Waals surface area contributed by atoms with Crippen LogP contribution >= 0.6 is 0 Å². The number of nitrogens with zero attached hydrogens (tertiary/aromatic N) is 3. The normalized spacial score (nSPS) is 10.4. The molecule has 5 nitrogen and oxygen atoms in total. The van der Waals surface area contributed by atoms with Crippen LogP contribution in [0.3, 0.4) is 0 Å². The summed E-state index contributed by atoms with van der Waals surface area (Å²) in [6.07, 6.45) is 0.747. The molecule has 2 rings (SSSR count). The predicted octanol–water partition coefficient (Wildman–Crippen LogP) is 1.04. The molecule has 4 N–H and O–H groups in total. The Morgan fingerprint density at radius 2 is 1.89 bits per heavy atom. The second-order valence-electron chi connectivity index (χ2n) is 4.45. The molecule has 0 unspecified atom stereocenters. The summed E-state index contributed by atoms with van der Waals surface area (Å²) in [6, 6.07) is 12.1. The Morgan fingerprint density at radius 1 is 1.16 bits per heavy atom. The van der Waals surface area contributed by atoms with Crippen molar-refractivity contribution < 1.29 is 0 Å². The summed E-state index contributed by atoms with van der Waals surface area (Å²) < 4.78 is 0. The fraction of sp³-hybridized carbons (Fsp3) is 0.286. The first-order valence-corrected chi connectivity index (χ1v) is 6.27. The zero-order valence-corrected chi connectivity index (χ0v) is 11.1. The lowest BCUT2D eigenvalue weighted by molar-refractivity contribution is 0.860. The highest BCUT2D eigenvalue weighted by atomic mass is 15.2. The van der Waals surface area contributed by atoms with Crippen LogP contribution in [0, 0.1) is 0 Å². The minimum absolute atomic E-state index is 0.298. The number of nitrogen functional groups attached to an aromatic ring is 1. The average Bonchev–Trinajstić information content (AvgIpc) is 2.39. The quantitative estimate of drug-likeness (QED) is 0.836. The lowest BCUT2D eigenvalue weighted by Gasteiger charge is -2.17. The lowest BCUT2D eigenvalue weighted by atomic mass is 10.1. The van der Waals surface area contributed by atoms with Crippen molar-refractivity contribution in [3.8, 4) is 0 Å². The van der Waals surface area contributed by atoms with Gasteiger partial charge in [-0.2, -0.15) is 4.98 Å². The second-order valence-corrected chi connectivity index (χ2v) is 4.45. The minimum atomic E-state index is 0.298. The molecule has 0 amide bonds. The molecule has 0 aliphatic carbocycles. The van der Waals surface area contributed by atoms with Crippen LogP contribution in [0.5, 0.6) is 0 Å². The number of anilines is 2. The van der Waals surface area contributed by atoms with Crippen LogP contribution in [-0.4, -0.2) is 30.1 Å². The highest BCUT2D eigenvalue weighted by Crippen LogP contribution is 2.15. The van der Waals surface area contributed by atoms with Crippen molar-refractivity contribution in [2.45, 2.75) is 6.42 Å². The molecule has 0 saturated heterocycles. The van der Waals surface area contributed by atoms with Gasteiger partial charge in [0.15, 0.2) is 0 Å². The predicted molar refractivity (Wildman–Crippen MR) is 78.0 cm³/mol. The van der Waals surface area contributed by atoms with E-state index in [0.717, 1.165) is 24.5 Å². The van der Waals surface area contributed by atoms with Gasteiger partial charge in [0, 0.05) is 32.6 Å². The Labute approximate surface area is 113 Å². The van der Waals surface area contributed by atoms with Crippen molar-refractivity contribution in [2.75, 3.05) is 30.8 Å². The average molecular weight is 257 g/mol. The molecule has 0 spiro atoms. The molecule has 0 radical (unpaired) electrons. The van der Waals surface area contributed by atoms with E-state index in [-0.39, 0.29) is 0 Å². The first-order valence-electron chi connectivity index (χ1n) is 6.27. The van der Waals surface area contributed by atoms with Gasteiger partial charge in [-0.3, -0.25) is 0 Å². The van der Waals surface area contributed by atoms with Crippen LogP contribution in [0.4, 0.5) is 11.8 Å². The van der Waals surface area contributed by atoms with Gasteiger partial charge in [0.1, 0.15) is 5.82 Å². The molecule has 0 atom stereocenters. The van der Waals surface area contributed by atoms with Gasteiger partial charge in [0.05, 0.1) is 5.69 Å². The topological polar surface area (TPSA) is 81.1 Å². The van der Waals surface area contributed by atoms with Crippen LogP contribution < -0.4 is 16.4 Å². The zero-order valence-electron chi connectivity index (χ0n) is 11.1. The molecule has 2 aromatic rings. The molecule has 1 aromatic carbocycles. The van der Waals surface area contributed by atoms with Gasteiger partial charge in [0.2, 0.25) is 5.95 Å². The van der Waals surface area contributed by atoms with Gasteiger partial charge in [-0.25, -0.2) is 4.98 Å². The van der Waals surface area contributed by atoms with Crippen LogP contribution in [0.2, 0.25) is 0 Å².